The van der Waals surface area contributed by atoms with E-state index in [0.717, 1.165) is 0 Å². The molecule has 0 nitrogen and oxygen atoms in total. The zero-order chi connectivity index (χ0) is 14.7. The highest BCUT2D eigenvalue weighted by Gasteiger charge is 2.19. The summed E-state index contributed by atoms with van der Waals surface area (Å²) in [4.78, 5) is 0. The Kier molecular flexibility index (Phi) is 3.87. The standard InChI is InChI=1S/C21H19/c1-16-10-9-11-17(2)20(16)21(18-12-5-3-6-13-18)19-14-7-4-8-15-19/h3-8,10-15,21H,1-2H3. The minimum Gasteiger partial charge on any atom is -0.0622 e. The van der Waals surface area contributed by atoms with Crippen molar-refractivity contribution < 1.29 is 0 Å². The monoisotopic (exact) mass is 271 g/mol. The summed E-state index contributed by atoms with van der Waals surface area (Å²) >= 11 is 0. The fourth-order valence-corrected chi connectivity index (χ4v) is 3.03. The van der Waals surface area contributed by atoms with Crippen LogP contribution in [0.3, 0.4) is 0 Å². The first-order valence-corrected chi connectivity index (χ1v) is 7.34. The molecule has 1 radical (unpaired) electrons. The summed E-state index contributed by atoms with van der Waals surface area (Å²) in [6.45, 7) is 4.36. The molecule has 0 aliphatic carbocycles. The number of hydrogen-bond acceptors (Lipinski definition) is 0. The van der Waals surface area contributed by atoms with Gasteiger partial charge in [0.1, 0.15) is 0 Å². The van der Waals surface area contributed by atoms with Gasteiger partial charge in [-0.3, -0.25) is 0 Å². The van der Waals surface area contributed by atoms with Gasteiger partial charge in [-0.2, -0.15) is 0 Å². The Morgan fingerprint density at radius 1 is 0.667 bits per heavy atom. The lowest BCUT2D eigenvalue weighted by Crippen LogP contribution is -2.07. The Morgan fingerprint density at radius 3 is 1.52 bits per heavy atom. The molecule has 0 fully saturated rings. The van der Waals surface area contributed by atoms with Gasteiger partial charge in [0.15, 0.2) is 0 Å². The molecule has 0 spiro atoms. The van der Waals surface area contributed by atoms with E-state index in [1.807, 2.05) is 0 Å². The maximum absolute atomic E-state index is 3.23. The second-order valence-corrected chi connectivity index (χ2v) is 5.49. The highest BCUT2D eigenvalue weighted by atomic mass is 14.2. The largest absolute Gasteiger partial charge is 0.0622 e. The number of rotatable bonds is 3. The van der Waals surface area contributed by atoms with Crippen molar-refractivity contribution in [3.05, 3.63) is 107 Å². The zero-order valence-corrected chi connectivity index (χ0v) is 12.5. The number of aryl methyl sites for hydroxylation is 2. The van der Waals surface area contributed by atoms with E-state index in [1.165, 1.54) is 27.8 Å². The van der Waals surface area contributed by atoms with Crippen molar-refractivity contribution >= 4 is 0 Å². The quantitative estimate of drug-likeness (QED) is 0.568. The first-order valence-electron chi connectivity index (χ1n) is 7.34. The Bertz CT molecular complexity index is 652. The number of benzene rings is 3. The van der Waals surface area contributed by atoms with E-state index in [9.17, 15) is 0 Å². The molecule has 0 amide bonds. The van der Waals surface area contributed by atoms with Crippen molar-refractivity contribution in [2.75, 3.05) is 0 Å². The molecule has 0 aliphatic rings. The summed E-state index contributed by atoms with van der Waals surface area (Å²) in [5, 5.41) is 0. The normalized spacial score (nSPS) is 10.8. The van der Waals surface area contributed by atoms with Crippen molar-refractivity contribution in [2.45, 2.75) is 19.8 Å². The Balaban J connectivity index is 2.23. The summed E-state index contributed by atoms with van der Waals surface area (Å²) in [5.74, 6) is 0.280. The van der Waals surface area contributed by atoms with Gasteiger partial charge in [0.25, 0.3) is 0 Å². The molecule has 3 aromatic carbocycles. The number of hydrogen-bond donors (Lipinski definition) is 0. The summed E-state index contributed by atoms with van der Waals surface area (Å²) in [7, 11) is 0. The van der Waals surface area contributed by atoms with Crippen molar-refractivity contribution in [1.82, 2.24) is 0 Å². The molecule has 0 N–H and O–H groups in total. The lowest BCUT2D eigenvalue weighted by Gasteiger charge is -2.22. The highest BCUT2D eigenvalue weighted by Crippen LogP contribution is 2.35. The van der Waals surface area contributed by atoms with Crippen LogP contribution in [0, 0.1) is 19.9 Å². The molecule has 0 heterocycles. The van der Waals surface area contributed by atoms with Gasteiger partial charge in [0.05, 0.1) is 0 Å². The Morgan fingerprint density at radius 2 is 1.10 bits per heavy atom. The molecule has 103 valence electrons. The minimum atomic E-state index is 0.280. The fourth-order valence-electron chi connectivity index (χ4n) is 3.03. The van der Waals surface area contributed by atoms with Crippen molar-refractivity contribution in [3.63, 3.8) is 0 Å². The van der Waals surface area contributed by atoms with Crippen LogP contribution in [0.5, 0.6) is 0 Å². The van der Waals surface area contributed by atoms with E-state index in [4.69, 9.17) is 0 Å². The fraction of sp³-hybridized carbons (Fsp3) is 0.143. The molecule has 0 unspecified atom stereocenters. The average molecular weight is 271 g/mol. The highest BCUT2D eigenvalue weighted by molar-refractivity contribution is 5.48. The first-order chi connectivity index (χ1) is 10.3. The molecule has 0 saturated carbocycles. The third-order valence-electron chi connectivity index (χ3n) is 4.00. The average Bonchev–Trinajstić information content (AvgIpc) is 2.53. The molecule has 3 rings (SSSR count). The Hall–Kier alpha value is -2.34. The summed E-state index contributed by atoms with van der Waals surface area (Å²) < 4.78 is 0. The first kappa shape index (κ1) is 13.6. The van der Waals surface area contributed by atoms with Crippen LogP contribution in [0.2, 0.25) is 0 Å². The molecule has 0 heteroatoms. The van der Waals surface area contributed by atoms with Gasteiger partial charge < -0.3 is 0 Å². The second-order valence-electron chi connectivity index (χ2n) is 5.49. The molecule has 0 saturated heterocycles. The van der Waals surface area contributed by atoms with E-state index in [2.05, 4.69) is 92.7 Å². The predicted octanol–water partition coefficient (Wildman–Crippen LogP) is 5.28. The third-order valence-corrected chi connectivity index (χ3v) is 4.00. The SMILES string of the molecule is Cc1c[c]cc(C)c1C(c1ccccc1)c1ccccc1. The van der Waals surface area contributed by atoms with Crippen LogP contribution in [-0.2, 0) is 0 Å². The third kappa shape index (κ3) is 2.75. The van der Waals surface area contributed by atoms with E-state index in [-0.39, 0.29) is 5.92 Å². The van der Waals surface area contributed by atoms with Gasteiger partial charge in [-0.1, -0.05) is 72.8 Å². The smallest absolute Gasteiger partial charge is 0.0345 e. The molecule has 21 heavy (non-hydrogen) atoms. The molecule has 3 aromatic rings. The molecule has 0 bridgehead atoms. The summed E-state index contributed by atoms with van der Waals surface area (Å²) in [5.41, 5.74) is 6.66. The maximum Gasteiger partial charge on any atom is 0.0345 e. The minimum absolute atomic E-state index is 0.280. The molecular weight excluding hydrogens is 252 g/mol. The van der Waals surface area contributed by atoms with Crippen LogP contribution < -0.4 is 0 Å². The summed E-state index contributed by atoms with van der Waals surface area (Å²) in [6, 6.07) is 28.9. The van der Waals surface area contributed by atoms with E-state index >= 15 is 0 Å². The second kappa shape index (κ2) is 5.97. The van der Waals surface area contributed by atoms with Gasteiger partial charge in [-0.25, -0.2) is 0 Å². The summed E-state index contributed by atoms with van der Waals surface area (Å²) in [6.07, 6.45) is 0. The Labute approximate surface area is 127 Å². The van der Waals surface area contributed by atoms with Gasteiger partial charge in [0, 0.05) is 5.92 Å². The predicted molar refractivity (Wildman–Crippen MR) is 88.6 cm³/mol. The van der Waals surface area contributed by atoms with Crippen LogP contribution in [-0.4, -0.2) is 0 Å². The van der Waals surface area contributed by atoms with Crippen molar-refractivity contribution in [2.24, 2.45) is 0 Å². The molecule has 0 atom stereocenters. The lowest BCUT2D eigenvalue weighted by atomic mass is 9.81. The van der Waals surface area contributed by atoms with Crippen LogP contribution in [0.1, 0.15) is 33.7 Å². The van der Waals surface area contributed by atoms with Crippen LogP contribution in [0.25, 0.3) is 0 Å². The maximum atomic E-state index is 3.23. The van der Waals surface area contributed by atoms with Gasteiger partial charge in [0.2, 0.25) is 0 Å². The van der Waals surface area contributed by atoms with Crippen LogP contribution in [0.4, 0.5) is 0 Å². The van der Waals surface area contributed by atoms with Crippen LogP contribution >= 0.6 is 0 Å². The molecule has 0 aromatic heterocycles. The van der Waals surface area contributed by atoms with Crippen molar-refractivity contribution in [1.29, 1.82) is 0 Å². The van der Waals surface area contributed by atoms with Gasteiger partial charge >= 0.3 is 0 Å². The zero-order valence-electron chi connectivity index (χ0n) is 12.5. The van der Waals surface area contributed by atoms with Gasteiger partial charge in [-0.15, -0.1) is 0 Å². The van der Waals surface area contributed by atoms with E-state index < -0.39 is 0 Å². The topological polar surface area (TPSA) is 0 Å². The molecular formula is C21H19. The van der Waals surface area contributed by atoms with E-state index in [1.54, 1.807) is 0 Å². The van der Waals surface area contributed by atoms with E-state index in [0.29, 0.717) is 0 Å². The van der Waals surface area contributed by atoms with Crippen LogP contribution in [0.15, 0.2) is 72.8 Å². The lowest BCUT2D eigenvalue weighted by molar-refractivity contribution is 0.947. The van der Waals surface area contributed by atoms with Gasteiger partial charge in [-0.05, 0) is 47.7 Å². The molecule has 0 aliphatic heterocycles. The van der Waals surface area contributed by atoms with Crippen molar-refractivity contribution in [3.8, 4) is 0 Å².